The van der Waals surface area contributed by atoms with Crippen molar-refractivity contribution in [1.82, 2.24) is 0 Å². The molecule has 0 amide bonds. The largest absolute Gasteiger partial charge is 0.496 e. The molecule has 22 heavy (non-hydrogen) atoms. The van der Waals surface area contributed by atoms with Crippen LogP contribution in [0.15, 0.2) is 30.3 Å². The lowest BCUT2D eigenvalue weighted by Gasteiger charge is -2.18. The number of para-hydroxylation sites is 1. The van der Waals surface area contributed by atoms with Crippen molar-refractivity contribution in [3.8, 4) is 17.2 Å². The van der Waals surface area contributed by atoms with Gasteiger partial charge in [0.05, 0.1) is 26.9 Å². The summed E-state index contributed by atoms with van der Waals surface area (Å²) in [6.45, 7) is 4.80. The molecule has 0 saturated heterocycles. The van der Waals surface area contributed by atoms with E-state index in [0.29, 0.717) is 12.3 Å². The van der Waals surface area contributed by atoms with Gasteiger partial charge in [-0.3, -0.25) is 0 Å². The number of aryl methyl sites for hydroxylation is 2. The second kappa shape index (κ2) is 7.07. The van der Waals surface area contributed by atoms with Gasteiger partial charge in [0.15, 0.2) is 0 Å². The maximum Gasteiger partial charge on any atom is 0.131 e. The first kappa shape index (κ1) is 16.0. The van der Waals surface area contributed by atoms with Gasteiger partial charge in [0.2, 0.25) is 0 Å². The molecule has 1 N–H and O–H groups in total. The molecule has 0 aromatic heterocycles. The van der Waals surface area contributed by atoms with E-state index in [2.05, 4.69) is 37.4 Å². The number of nitrogens with one attached hydrogen (secondary N) is 1. The predicted molar refractivity (Wildman–Crippen MR) is 89.3 cm³/mol. The number of anilines is 1. The molecule has 0 heterocycles. The summed E-state index contributed by atoms with van der Waals surface area (Å²) >= 11 is 0. The van der Waals surface area contributed by atoms with Crippen molar-refractivity contribution >= 4 is 5.69 Å². The van der Waals surface area contributed by atoms with E-state index in [-0.39, 0.29) is 0 Å². The summed E-state index contributed by atoms with van der Waals surface area (Å²) in [6.07, 6.45) is 0. The monoisotopic (exact) mass is 301 g/mol. The molecule has 0 unspecified atom stereocenters. The fourth-order valence-electron chi connectivity index (χ4n) is 2.52. The number of rotatable bonds is 6. The van der Waals surface area contributed by atoms with E-state index in [1.54, 1.807) is 21.3 Å². The lowest BCUT2D eigenvalue weighted by molar-refractivity contribution is 0.369. The van der Waals surface area contributed by atoms with Crippen LogP contribution in [0.25, 0.3) is 0 Å². The molecule has 4 nitrogen and oxygen atoms in total. The molecule has 0 aliphatic heterocycles. The van der Waals surface area contributed by atoms with Crippen molar-refractivity contribution < 1.29 is 14.2 Å². The Kier molecular flexibility index (Phi) is 5.15. The highest BCUT2D eigenvalue weighted by atomic mass is 16.5. The van der Waals surface area contributed by atoms with Gasteiger partial charge in [-0.15, -0.1) is 0 Å². The van der Waals surface area contributed by atoms with Gasteiger partial charge in [0, 0.05) is 24.4 Å². The summed E-state index contributed by atoms with van der Waals surface area (Å²) in [7, 11) is 4.93. The number of methoxy groups -OCH3 is 3. The number of ether oxygens (including phenoxy) is 3. The van der Waals surface area contributed by atoms with Crippen molar-refractivity contribution in [1.29, 1.82) is 0 Å². The summed E-state index contributed by atoms with van der Waals surface area (Å²) in [5.74, 6) is 2.20. The second-order valence-corrected chi connectivity index (χ2v) is 5.13. The molecule has 0 aliphatic carbocycles. The van der Waals surface area contributed by atoms with Crippen LogP contribution in [0.1, 0.15) is 16.7 Å². The van der Waals surface area contributed by atoms with Crippen LogP contribution in [0, 0.1) is 13.8 Å². The van der Waals surface area contributed by atoms with Crippen molar-refractivity contribution in [3.63, 3.8) is 0 Å². The van der Waals surface area contributed by atoms with Crippen LogP contribution in [0.4, 0.5) is 5.69 Å². The highest BCUT2D eigenvalue weighted by Crippen LogP contribution is 2.35. The van der Waals surface area contributed by atoms with Crippen molar-refractivity contribution in [2.24, 2.45) is 0 Å². The van der Waals surface area contributed by atoms with E-state index in [0.717, 1.165) is 22.7 Å². The normalized spacial score (nSPS) is 10.2. The third-order valence-corrected chi connectivity index (χ3v) is 3.74. The van der Waals surface area contributed by atoms with Crippen molar-refractivity contribution in [2.75, 3.05) is 26.6 Å². The molecule has 2 aromatic rings. The van der Waals surface area contributed by atoms with Gasteiger partial charge in [-0.1, -0.05) is 18.2 Å². The lowest BCUT2D eigenvalue weighted by Crippen LogP contribution is -2.06. The first-order chi connectivity index (χ1) is 10.6. The Morgan fingerprint density at radius 1 is 0.864 bits per heavy atom. The van der Waals surface area contributed by atoms with E-state index in [4.69, 9.17) is 14.2 Å². The Morgan fingerprint density at radius 3 is 1.86 bits per heavy atom. The summed E-state index contributed by atoms with van der Waals surface area (Å²) in [5, 5.41) is 3.48. The molecule has 0 atom stereocenters. The Bertz CT molecular complexity index is 608. The zero-order valence-corrected chi connectivity index (χ0v) is 13.8. The van der Waals surface area contributed by atoms with E-state index in [1.165, 1.54) is 11.1 Å². The third kappa shape index (κ3) is 3.27. The van der Waals surface area contributed by atoms with Gasteiger partial charge < -0.3 is 19.5 Å². The molecular formula is C18H23NO3. The van der Waals surface area contributed by atoms with Gasteiger partial charge in [-0.25, -0.2) is 0 Å². The highest BCUT2D eigenvalue weighted by Gasteiger charge is 2.13. The Morgan fingerprint density at radius 2 is 1.41 bits per heavy atom. The fraction of sp³-hybridized carbons (Fsp3) is 0.333. The number of hydrogen-bond donors (Lipinski definition) is 1. The Hall–Kier alpha value is -2.36. The molecule has 0 radical (unpaired) electrons. The van der Waals surface area contributed by atoms with Gasteiger partial charge >= 0.3 is 0 Å². The first-order valence-corrected chi connectivity index (χ1v) is 7.19. The highest BCUT2D eigenvalue weighted by molar-refractivity contribution is 5.59. The standard InChI is InChI=1S/C18H23NO3/c1-12-7-6-8-13(2)18(12)19-11-15-16(21-4)9-14(20-3)10-17(15)22-5/h6-10,19H,11H2,1-5H3. The third-order valence-electron chi connectivity index (χ3n) is 3.74. The molecule has 0 aliphatic rings. The SMILES string of the molecule is COc1cc(OC)c(CNc2c(C)cccc2C)c(OC)c1. The van der Waals surface area contributed by atoms with Crippen LogP contribution in [0.2, 0.25) is 0 Å². The fourth-order valence-corrected chi connectivity index (χ4v) is 2.52. The van der Waals surface area contributed by atoms with Crippen LogP contribution in [-0.4, -0.2) is 21.3 Å². The maximum absolute atomic E-state index is 5.48. The summed E-state index contributed by atoms with van der Waals surface area (Å²) in [4.78, 5) is 0. The Labute approximate surface area is 132 Å². The zero-order valence-electron chi connectivity index (χ0n) is 13.8. The molecule has 0 spiro atoms. The van der Waals surface area contributed by atoms with Crippen molar-refractivity contribution in [2.45, 2.75) is 20.4 Å². The van der Waals surface area contributed by atoms with E-state index in [9.17, 15) is 0 Å². The summed E-state index contributed by atoms with van der Waals surface area (Å²) in [5.41, 5.74) is 4.54. The van der Waals surface area contributed by atoms with Gasteiger partial charge in [0.25, 0.3) is 0 Å². The molecule has 0 bridgehead atoms. The first-order valence-electron chi connectivity index (χ1n) is 7.19. The Balaban J connectivity index is 2.32. The van der Waals surface area contributed by atoms with E-state index >= 15 is 0 Å². The van der Waals surface area contributed by atoms with Crippen LogP contribution >= 0.6 is 0 Å². The molecule has 0 saturated carbocycles. The summed E-state index contributed by atoms with van der Waals surface area (Å²) in [6, 6.07) is 9.98. The number of hydrogen-bond acceptors (Lipinski definition) is 4. The predicted octanol–water partition coefficient (Wildman–Crippen LogP) is 3.94. The smallest absolute Gasteiger partial charge is 0.131 e. The van der Waals surface area contributed by atoms with Crippen LogP contribution in [0.3, 0.4) is 0 Å². The minimum Gasteiger partial charge on any atom is -0.496 e. The minimum atomic E-state index is 0.613. The van der Waals surface area contributed by atoms with Gasteiger partial charge in [-0.05, 0) is 25.0 Å². The van der Waals surface area contributed by atoms with Crippen LogP contribution in [-0.2, 0) is 6.54 Å². The zero-order chi connectivity index (χ0) is 16.1. The quantitative estimate of drug-likeness (QED) is 0.877. The van der Waals surface area contributed by atoms with Gasteiger partial charge in [0.1, 0.15) is 17.2 Å². The maximum atomic E-state index is 5.48. The number of benzene rings is 2. The molecule has 4 heteroatoms. The van der Waals surface area contributed by atoms with Crippen molar-refractivity contribution in [3.05, 3.63) is 47.0 Å². The minimum absolute atomic E-state index is 0.613. The van der Waals surface area contributed by atoms with E-state index < -0.39 is 0 Å². The topological polar surface area (TPSA) is 39.7 Å². The van der Waals surface area contributed by atoms with Crippen LogP contribution in [0.5, 0.6) is 17.2 Å². The van der Waals surface area contributed by atoms with Crippen LogP contribution < -0.4 is 19.5 Å². The van der Waals surface area contributed by atoms with Gasteiger partial charge in [-0.2, -0.15) is 0 Å². The average molecular weight is 301 g/mol. The molecule has 0 fully saturated rings. The molecular weight excluding hydrogens is 278 g/mol. The molecule has 2 rings (SSSR count). The second-order valence-electron chi connectivity index (χ2n) is 5.13. The average Bonchev–Trinajstić information content (AvgIpc) is 2.53. The van der Waals surface area contributed by atoms with E-state index in [1.807, 2.05) is 12.1 Å². The lowest BCUT2D eigenvalue weighted by atomic mass is 10.1. The molecule has 118 valence electrons. The molecule has 2 aromatic carbocycles. The summed E-state index contributed by atoms with van der Waals surface area (Å²) < 4.78 is 16.2.